The monoisotopic (exact) mass is 654 g/mol. The van der Waals surface area contributed by atoms with Crippen LogP contribution < -0.4 is 10.2 Å². The van der Waals surface area contributed by atoms with Crippen LogP contribution in [0.15, 0.2) is 66.7 Å². The van der Waals surface area contributed by atoms with Crippen LogP contribution in [-0.4, -0.2) is 40.9 Å². The van der Waals surface area contributed by atoms with Gasteiger partial charge in [0.2, 0.25) is 0 Å². The average Bonchev–Trinajstić information content (AvgIpc) is 3.00. The number of carbonyl (C=O) groups excluding carboxylic acids is 4. The first-order valence-electron chi connectivity index (χ1n) is 15.3. The Morgan fingerprint density at radius 2 is 0.979 bits per heavy atom. The van der Waals surface area contributed by atoms with Gasteiger partial charge in [0, 0.05) is 24.2 Å². The first-order chi connectivity index (χ1) is 21.9. The minimum Gasteiger partial charge on any atom is -0.545 e. The Kier molecular flexibility index (Phi) is 31.6. The van der Waals surface area contributed by atoms with E-state index in [4.69, 9.17) is 19.8 Å². The molecule has 262 valence electrons. The highest BCUT2D eigenvalue weighted by Gasteiger charge is 2.14. The molecule has 3 aromatic rings. The summed E-state index contributed by atoms with van der Waals surface area (Å²) in [5.41, 5.74) is 5.97. The molecule has 2 N–H and O–H groups in total. The summed E-state index contributed by atoms with van der Waals surface area (Å²) < 4.78 is 0. The number of unbranched alkanes of at least 4 members (excludes halogenated alkanes) is 1. The molecule has 0 spiro atoms. The Labute approximate surface area is 281 Å². The smallest absolute Gasteiger partial charge is 0.373 e. The number of carboxylic acids is 3. The van der Waals surface area contributed by atoms with Crippen molar-refractivity contribution in [2.24, 2.45) is 0 Å². The molecule has 0 fully saturated rings. The van der Waals surface area contributed by atoms with Gasteiger partial charge in [-0.2, -0.15) is 9.59 Å². The Hall–Kier alpha value is -4.59. The normalized spacial score (nSPS) is 8.94. The molecule has 9 heteroatoms. The van der Waals surface area contributed by atoms with Crippen LogP contribution in [0.25, 0.3) is 0 Å². The number of aliphatic hydroxyl groups excluding tert-OH is 1. The summed E-state index contributed by atoms with van der Waals surface area (Å²) in [6, 6.07) is 20.5. The Bertz CT molecular complexity index is 1290. The highest BCUT2D eigenvalue weighted by molar-refractivity contribution is 5.88. The van der Waals surface area contributed by atoms with Crippen molar-refractivity contribution in [3.8, 4) is 0 Å². The lowest BCUT2D eigenvalue weighted by atomic mass is 9.85. The summed E-state index contributed by atoms with van der Waals surface area (Å²) in [6.45, 7) is 22.0. The van der Waals surface area contributed by atoms with E-state index >= 15 is 0 Å². The Morgan fingerprint density at radius 3 is 1.19 bits per heavy atom. The largest absolute Gasteiger partial charge is 0.545 e. The van der Waals surface area contributed by atoms with Gasteiger partial charge >= 0.3 is 12.1 Å². The molecule has 0 saturated heterocycles. The van der Waals surface area contributed by atoms with Crippen LogP contribution in [0.4, 0.5) is 0 Å². The molecule has 3 aromatic carbocycles. The van der Waals surface area contributed by atoms with Crippen LogP contribution in [0.3, 0.4) is 0 Å². The summed E-state index contributed by atoms with van der Waals surface area (Å²) in [5, 5.41) is 36.3. The van der Waals surface area contributed by atoms with Crippen molar-refractivity contribution in [3.05, 3.63) is 106 Å². The van der Waals surface area contributed by atoms with Gasteiger partial charge in [0.15, 0.2) is 0 Å². The van der Waals surface area contributed by atoms with Crippen molar-refractivity contribution in [3.63, 3.8) is 0 Å². The van der Waals surface area contributed by atoms with Crippen LogP contribution in [0.2, 0.25) is 0 Å². The van der Waals surface area contributed by atoms with Crippen molar-refractivity contribution in [1.82, 2.24) is 0 Å². The zero-order chi connectivity index (χ0) is 37.6. The van der Waals surface area contributed by atoms with Gasteiger partial charge in [-0.3, -0.25) is 4.79 Å². The van der Waals surface area contributed by atoms with E-state index in [0.717, 1.165) is 16.7 Å². The molecule has 3 rings (SSSR count). The first-order valence-corrected chi connectivity index (χ1v) is 15.3. The minimum absolute atomic E-state index is 0.0508. The van der Waals surface area contributed by atoms with Crippen molar-refractivity contribution in [2.45, 2.75) is 101 Å². The minimum atomic E-state index is -1.11. The first kappa shape index (κ1) is 49.3. The maximum Gasteiger partial charge on any atom is 0.373 e. The number of carbonyl (C=O) groups is 3. The van der Waals surface area contributed by atoms with Gasteiger partial charge in [-0.15, -0.1) is 0 Å². The van der Waals surface area contributed by atoms with Crippen molar-refractivity contribution >= 4 is 24.1 Å². The van der Waals surface area contributed by atoms with Gasteiger partial charge in [0.05, 0.1) is 11.9 Å². The number of hydrogen-bond donors (Lipinski definition) is 2. The third kappa shape index (κ3) is 28.6. The fraction of sp³-hybridized carbons (Fsp3) is 0.421. The molecule has 47 heavy (non-hydrogen) atoms. The predicted molar refractivity (Wildman–Crippen MR) is 182 cm³/mol. The highest BCUT2D eigenvalue weighted by Crippen LogP contribution is 2.24. The van der Waals surface area contributed by atoms with Crippen molar-refractivity contribution in [2.75, 3.05) is 6.61 Å². The molecule has 0 aliphatic rings. The standard InChI is InChI=1S/C12H16O2.C8H8O2.C8H10.C4H10.C3H6O2.C2H6O.CO2/c1-8-7-9(12(2,3)4)5-6-10(8)11(13)14;1-6-4-2-3-5-7(6)8(9)10;1-7-5-3-4-6-8(7)2;1-3-4-2;1-2-3(4)5;1-2-3;2-1-3/h5-7H,1-4H3,(H,13,14);2-5H,1H3,(H,9,10);3-6H,1-2H3;3-4H2,1-2H3;2H2,1H3,(H,4,5);3H,2H2,1H3;/p-2. The summed E-state index contributed by atoms with van der Waals surface area (Å²) >= 11 is 0. The van der Waals surface area contributed by atoms with Crippen molar-refractivity contribution in [1.29, 1.82) is 0 Å². The Balaban J connectivity index is -0.000000248. The molecule has 0 aliphatic carbocycles. The number of carboxylic acid groups (broad SMARTS) is 3. The lowest BCUT2D eigenvalue weighted by Gasteiger charge is -2.20. The van der Waals surface area contributed by atoms with Crippen LogP contribution in [0, 0.1) is 27.7 Å². The lowest BCUT2D eigenvalue weighted by Crippen LogP contribution is -2.23. The van der Waals surface area contributed by atoms with Gasteiger partial charge in [-0.1, -0.05) is 121 Å². The van der Waals surface area contributed by atoms with Gasteiger partial charge in [-0.05, 0) is 67.9 Å². The molecule has 0 unspecified atom stereocenters. The van der Waals surface area contributed by atoms with E-state index in [0.29, 0.717) is 0 Å². The number of aliphatic hydroxyl groups is 1. The van der Waals surface area contributed by atoms with E-state index in [2.05, 4.69) is 72.7 Å². The second-order valence-corrected chi connectivity index (χ2v) is 10.9. The average molecular weight is 655 g/mol. The molecule has 0 atom stereocenters. The van der Waals surface area contributed by atoms with Crippen LogP contribution in [-0.2, 0) is 19.8 Å². The zero-order valence-corrected chi connectivity index (χ0v) is 29.9. The molecule has 0 radical (unpaired) electrons. The number of benzene rings is 3. The van der Waals surface area contributed by atoms with E-state index in [9.17, 15) is 24.6 Å². The second-order valence-electron chi connectivity index (χ2n) is 10.9. The number of rotatable bonds is 4. The molecule has 0 amide bonds. The lowest BCUT2D eigenvalue weighted by molar-refractivity contribution is -0.256. The SMILES string of the molecule is CCC(=O)O.CCCC.CCO.Cc1cc(C(C)(C)C)ccc1C(=O)[O-].Cc1ccccc1C.Cc1ccccc1C(=O)[O-].O=C=O. The number of aliphatic carboxylic acids is 1. The highest BCUT2D eigenvalue weighted by atomic mass is 16.4. The quantitative estimate of drug-likeness (QED) is 0.341. The summed E-state index contributed by atoms with van der Waals surface area (Å²) in [7, 11) is 0. The third-order valence-electron chi connectivity index (χ3n) is 5.91. The zero-order valence-electron chi connectivity index (χ0n) is 29.9. The third-order valence-corrected chi connectivity index (χ3v) is 5.91. The predicted octanol–water partition coefficient (Wildman–Crippen LogP) is 6.02. The van der Waals surface area contributed by atoms with Crippen LogP contribution >= 0.6 is 0 Å². The van der Waals surface area contributed by atoms with Gasteiger partial charge in [-0.25, -0.2) is 0 Å². The van der Waals surface area contributed by atoms with E-state index in [1.165, 1.54) is 30.0 Å². The molecule has 0 heterocycles. The van der Waals surface area contributed by atoms with E-state index in [1.807, 2.05) is 12.1 Å². The number of hydrogen-bond acceptors (Lipinski definition) is 8. The van der Waals surface area contributed by atoms with E-state index in [-0.39, 0.29) is 35.7 Å². The van der Waals surface area contributed by atoms with Gasteiger partial charge in [0.25, 0.3) is 0 Å². The number of aromatic carboxylic acids is 2. The molecule has 0 aliphatic heterocycles. The van der Waals surface area contributed by atoms with Crippen LogP contribution in [0.5, 0.6) is 0 Å². The summed E-state index contributed by atoms with van der Waals surface area (Å²) in [5.74, 6) is -2.97. The number of aryl methyl sites for hydroxylation is 4. The van der Waals surface area contributed by atoms with E-state index in [1.54, 1.807) is 52.0 Å². The fourth-order valence-corrected chi connectivity index (χ4v) is 2.82. The molecule has 0 bridgehead atoms. The summed E-state index contributed by atoms with van der Waals surface area (Å²) in [6.07, 6.45) is 3.11. The fourth-order valence-electron chi connectivity index (χ4n) is 2.82. The second kappa shape index (κ2) is 30.1. The van der Waals surface area contributed by atoms with Gasteiger partial charge in [0.1, 0.15) is 0 Å². The van der Waals surface area contributed by atoms with Gasteiger partial charge < -0.3 is 30.0 Å². The van der Waals surface area contributed by atoms with E-state index < -0.39 is 17.9 Å². The molecular formula is C38H54O9-2. The Morgan fingerprint density at radius 1 is 0.660 bits per heavy atom. The van der Waals surface area contributed by atoms with Crippen LogP contribution in [0.1, 0.15) is 116 Å². The maximum absolute atomic E-state index is 10.7. The molecule has 0 saturated carbocycles. The summed E-state index contributed by atoms with van der Waals surface area (Å²) in [4.78, 5) is 46.6. The molecular weight excluding hydrogens is 600 g/mol. The topological polar surface area (TPSA) is 172 Å². The maximum atomic E-state index is 10.7. The molecule has 9 nitrogen and oxygen atoms in total. The molecule has 0 aromatic heterocycles. The van der Waals surface area contributed by atoms with Crippen molar-refractivity contribution < 1.29 is 44.4 Å².